The highest BCUT2D eigenvalue weighted by Crippen LogP contribution is 2.41. The minimum absolute atomic E-state index is 0.186. The van der Waals surface area contributed by atoms with Gasteiger partial charge in [0, 0.05) is 5.41 Å². The van der Waals surface area contributed by atoms with Crippen LogP contribution in [-0.4, -0.2) is 0 Å². The van der Waals surface area contributed by atoms with E-state index in [0.29, 0.717) is 0 Å². The van der Waals surface area contributed by atoms with E-state index >= 15 is 0 Å². The summed E-state index contributed by atoms with van der Waals surface area (Å²) >= 11 is 0. The van der Waals surface area contributed by atoms with E-state index in [2.05, 4.69) is 52.0 Å². The SMILES string of the molecule is CC1=CC2=C(CC1)C(C)=CC=CC2(C)C. The van der Waals surface area contributed by atoms with Gasteiger partial charge in [-0.2, -0.15) is 0 Å². The van der Waals surface area contributed by atoms with Crippen LogP contribution in [0.1, 0.15) is 40.5 Å². The largest absolute Gasteiger partial charge is 0.0745 e. The van der Waals surface area contributed by atoms with Crippen molar-refractivity contribution in [3.05, 3.63) is 46.6 Å². The van der Waals surface area contributed by atoms with Crippen molar-refractivity contribution < 1.29 is 0 Å². The fraction of sp³-hybridized carbons (Fsp3) is 0.467. The van der Waals surface area contributed by atoms with E-state index in [1.54, 1.807) is 5.57 Å². The van der Waals surface area contributed by atoms with E-state index in [1.165, 1.54) is 29.6 Å². The summed E-state index contributed by atoms with van der Waals surface area (Å²) in [7, 11) is 0. The monoisotopic (exact) mass is 200 g/mol. The fourth-order valence-electron chi connectivity index (χ4n) is 2.47. The minimum Gasteiger partial charge on any atom is -0.0745 e. The fourth-order valence-corrected chi connectivity index (χ4v) is 2.47. The lowest BCUT2D eigenvalue weighted by atomic mass is 9.76. The van der Waals surface area contributed by atoms with Crippen LogP contribution in [0.4, 0.5) is 0 Å². The summed E-state index contributed by atoms with van der Waals surface area (Å²) in [4.78, 5) is 0. The molecule has 0 atom stereocenters. The molecule has 0 saturated heterocycles. The standard InChI is InChI=1S/C15H20/c1-11-7-8-13-12(2)6-5-9-15(3,4)14(13)10-11/h5-6,9-10H,7-8H2,1-4H3. The van der Waals surface area contributed by atoms with Crippen molar-refractivity contribution in [1.82, 2.24) is 0 Å². The molecular formula is C15H20. The van der Waals surface area contributed by atoms with Crippen molar-refractivity contribution in [2.24, 2.45) is 5.41 Å². The van der Waals surface area contributed by atoms with Gasteiger partial charge in [0.05, 0.1) is 0 Å². The van der Waals surface area contributed by atoms with Crippen LogP contribution < -0.4 is 0 Å². The maximum Gasteiger partial charge on any atom is 0.00812 e. The van der Waals surface area contributed by atoms with Gasteiger partial charge in [-0.3, -0.25) is 0 Å². The van der Waals surface area contributed by atoms with E-state index in [1.807, 2.05) is 0 Å². The molecule has 0 radical (unpaired) electrons. The van der Waals surface area contributed by atoms with Gasteiger partial charge in [0.25, 0.3) is 0 Å². The van der Waals surface area contributed by atoms with Crippen molar-refractivity contribution in [3.63, 3.8) is 0 Å². The summed E-state index contributed by atoms with van der Waals surface area (Å²) in [6, 6.07) is 0. The molecule has 0 heteroatoms. The first-order valence-corrected chi connectivity index (χ1v) is 5.78. The lowest BCUT2D eigenvalue weighted by Crippen LogP contribution is -2.14. The highest BCUT2D eigenvalue weighted by Gasteiger charge is 2.26. The van der Waals surface area contributed by atoms with Crippen LogP contribution in [0.2, 0.25) is 0 Å². The summed E-state index contributed by atoms with van der Waals surface area (Å²) in [5.41, 5.74) is 6.23. The lowest BCUT2D eigenvalue weighted by Gasteiger charge is -2.28. The van der Waals surface area contributed by atoms with Gasteiger partial charge in [-0.05, 0) is 43.4 Å². The normalized spacial score (nSPS) is 24.3. The zero-order chi connectivity index (χ0) is 11.1. The Labute approximate surface area is 93.1 Å². The van der Waals surface area contributed by atoms with Gasteiger partial charge in [-0.1, -0.05) is 43.7 Å². The molecule has 15 heavy (non-hydrogen) atoms. The van der Waals surface area contributed by atoms with Gasteiger partial charge < -0.3 is 0 Å². The predicted octanol–water partition coefficient (Wildman–Crippen LogP) is 4.57. The molecule has 0 N–H and O–H groups in total. The highest BCUT2D eigenvalue weighted by atomic mass is 14.3. The first-order valence-electron chi connectivity index (χ1n) is 5.78. The highest BCUT2D eigenvalue weighted by molar-refractivity contribution is 5.50. The summed E-state index contributed by atoms with van der Waals surface area (Å²) in [5, 5.41) is 0. The van der Waals surface area contributed by atoms with Gasteiger partial charge in [0.15, 0.2) is 0 Å². The van der Waals surface area contributed by atoms with Crippen LogP contribution >= 0.6 is 0 Å². The summed E-state index contributed by atoms with van der Waals surface area (Å²) in [6.45, 7) is 9.09. The molecule has 0 bridgehead atoms. The molecule has 0 aliphatic heterocycles. The Bertz CT molecular complexity index is 398. The van der Waals surface area contributed by atoms with Crippen LogP contribution in [0.15, 0.2) is 46.6 Å². The van der Waals surface area contributed by atoms with Crippen molar-refractivity contribution >= 4 is 0 Å². The molecule has 0 nitrogen and oxygen atoms in total. The van der Waals surface area contributed by atoms with E-state index < -0.39 is 0 Å². The summed E-state index contributed by atoms with van der Waals surface area (Å²) in [6.07, 6.45) is 11.6. The molecular weight excluding hydrogens is 180 g/mol. The van der Waals surface area contributed by atoms with Crippen LogP contribution in [-0.2, 0) is 0 Å². The van der Waals surface area contributed by atoms with E-state index in [4.69, 9.17) is 0 Å². The van der Waals surface area contributed by atoms with E-state index in [0.717, 1.165) is 0 Å². The lowest BCUT2D eigenvalue weighted by molar-refractivity contribution is 0.581. The van der Waals surface area contributed by atoms with Crippen molar-refractivity contribution in [2.45, 2.75) is 40.5 Å². The summed E-state index contributed by atoms with van der Waals surface area (Å²) < 4.78 is 0. The Hall–Kier alpha value is -1.04. The molecule has 0 unspecified atom stereocenters. The van der Waals surface area contributed by atoms with Crippen LogP contribution in [0.5, 0.6) is 0 Å². The molecule has 0 fully saturated rings. The van der Waals surface area contributed by atoms with Gasteiger partial charge in [0.2, 0.25) is 0 Å². The average Bonchev–Trinajstić information content (AvgIpc) is 2.26. The third-order valence-corrected chi connectivity index (χ3v) is 3.51. The van der Waals surface area contributed by atoms with Crippen LogP contribution in [0.25, 0.3) is 0 Å². The van der Waals surface area contributed by atoms with Crippen molar-refractivity contribution in [3.8, 4) is 0 Å². The smallest absolute Gasteiger partial charge is 0.00812 e. The molecule has 0 aromatic heterocycles. The first-order chi connectivity index (χ1) is 7.00. The topological polar surface area (TPSA) is 0 Å². The van der Waals surface area contributed by atoms with Crippen LogP contribution in [0, 0.1) is 5.41 Å². The Balaban J connectivity index is 2.59. The van der Waals surface area contributed by atoms with Gasteiger partial charge >= 0.3 is 0 Å². The van der Waals surface area contributed by atoms with E-state index in [9.17, 15) is 0 Å². The molecule has 0 aromatic rings. The van der Waals surface area contributed by atoms with E-state index in [-0.39, 0.29) is 5.41 Å². The molecule has 0 amide bonds. The molecule has 2 aliphatic carbocycles. The Morgan fingerprint density at radius 1 is 1.13 bits per heavy atom. The van der Waals surface area contributed by atoms with Crippen molar-refractivity contribution in [1.29, 1.82) is 0 Å². The first kappa shape index (κ1) is 10.5. The quantitative estimate of drug-likeness (QED) is 0.537. The van der Waals surface area contributed by atoms with Crippen LogP contribution in [0.3, 0.4) is 0 Å². The third kappa shape index (κ3) is 1.86. The minimum atomic E-state index is 0.186. The second-order valence-corrected chi connectivity index (χ2v) is 5.31. The molecule has 0 saturated carbocycles. The summed E-state index contributed by atoms with van der Waals surface area (Å²) in [5.74, 6) is 0. The Morgan fingerprint density at radius 3 is 2.60 bits per heavy atom. The Kier molecular flexibility index (Phi) is 2.46. The second kappa shape index (κ2) is 3.52. The second-order valence-electron chi connectivity index (χ2n) is 5.31. The molecule has 0 spiro atoms. The molecule has 2 aliphatic rings. The Morgan fingerprint density at radius 2 is 1.87 bits per heavy atom. The van der Waals surface area contributed by atoms with Crippen molar-refractivity contribution in [2.75, 3.05) is 0 Å². The zero-order valence-electron chi connectivity index (χ0n) is 10.2. The maximum absolute atomic E-state index is 2.39. The van der Waals surface area contributed by atoms with Gasteiger partial charge in [0.1, 0.15) is 0 Å². The molecule has 80 valence electrons. The zero-order valence-corrected chi connectivity index (χ0v) is 10.2. The van der Waals surface area contributed by atoms with Gasteiger partial charge in [-0.15, -0.1) is 0 Å². The number of rotatable bonds is 0. The molecule has 2 rings (SSSR count). The predicted molar refractivity (Wildman–Crippen MR) is 66.7 cm³/mol. The van der Waals surface area contributed by atoms with Gasteiger partial charge in [-0.25, -0.2) is 0 Å². The maximum atomic E-state index is 2.39. The molecule has 0 aromatic carbocycles. The number of hydrogen-bond acceptors (Lipinski definition) is 0. The number of hydrogen-bond donors (Lipinski definition) is 0. The third-order valence-electron chi connectivity index (χ3n) is 3.51. The average molecular weight is 200 g/mol. The molecule has 0 heterocycles. The number of allylic oxidation sites excluding steroid dienone is 8.